The Morgan fingerprint density at radius 1 is 0.951 bits per heavy atom. The number of carbonyl (C=O) groups is 2. The number of aryl methyl sites for hydroxylation is 1. The highest BCUT2D eigenvalue weighted by Crippen LogP contribution is 2.35. The Labute approximate surface area is 261 Å². The number of rotatable bonds is 12. The van der Waals surface area contributed by atoms with E-state index >= 15 is 0 Å². The first kappa shape index (κ1) is 33.0. The predicted molar refractivity (Wildman–Crippen MR) is 167 cm³/mol. The van der Waals surface area contributed by atoms with Crippen LogP contribution in [-0.2, 0) is 26.2 Å². The third-order valence-corrected chi connectivity index (χ3v) is 9.61. The molecular weight excluding hydrogens is 628 g/mol. The summed E-state index contributed by atoms with van der Waals surface area (Å²) in [6.07, 6.45) is 1.65. The van der Waals surface area contributed by atoms with Crippen molar-refractivity contribution in [3.63, 3.8) is 0 Å². The normalized spacial score (nSPS) is 12.1. The Balaban J connectivity index is 2.06. The Morgan fingerprint density at radius 2 is 1.63 bits per heavy atom. The summed E-state index contributed by atoms with van der Waals surface area (Å²) in [4.78, 5) is 28.3. The fourth-order valence-corrected chi connectivity index (χ4v) is 6.33. The molecule has 0 aliphatic heterocycles. The molecular formula is C29H31Cl4N3O4S. The molecule has 1 N–H and O–H groups in total. The van der Waals surface area contributed by atoms with Crippen LogP contribution in [0.4, 0.5) is 5.69 Å². The second-order valence-corrected chi connectivity index (χ2v) is 13.0. The zero-order chi connectivity index (χ0) is 30.3. The number of unbranched alkanes of at least 4 members (excludes halogenated alkanes) is 1. The number of hydrogen-bond acceptors (Lipinski definition) is 4. The molecule has 12 heteroatoms. The Kier molecular flexibility index (Phi) is 11.8. The van der Waals surface area contributed by atoms with Gasteiger partial charge in [-0.2, -0.15) is 0 Å². The number of hydrogen-bond donors (Lipinski definition) is 1. The van der Waals surface area contributed by atoms with Gasteiger partial charge in [-0.3, -0.25) is 13.9 Å². The molecule has 220 valence electrons. The summed E-state index contributed by atoms with van der Waals surface area (Å²) >= 11 is 25.2. The van der Waals surface area contributed by atoms with Crippen molar-refractivity contribution >= 4 is 73.9 Å². The van der Waals surface area contributed by atoms with E-state index in [2.05, 4.69) is 5.32 Å². The highest BCUT2D eigenvalue weighted by molar-refractivity contribution is 7.92. The lowest BCUT2D eigenvalue weighted by Crippen LogP contribution is -2.51. The van der Waals surface area contributed by atoms with Gasteiger partial charge in [0.1, 0.15) is 12.6 Å². The van der Waals surface area contributed by atoms with Crippen molar-refractivity contribution in [2.24, 2.45) is 0 Å². The number of sulfonamides is 1. The number of benzene rings is 3. The number of halogens is 4. The fraction of sp³-hybridized carbons (Fsp3) is 0.310. The molecule has 7 nitrogen and oxygen atoms in total. The maximum absolute atomic E-state index is 14.0. The quantitative estimate of drug-likeness (QED) is 0.210. The summed E-state index contributed by atoms with van der Waals surface area (Å²) < 4.78 is 28.8. The summed E-state index contributed by atoms with van der Waals surface area (Å²) in [5.41, 5.74) is 1.42. The molecule has 1 atom stereocenters. The molecule has 0 spiro atoms. The summed E-state index contributed by atoms with van der Waals surface area (Å²) in [6.45, 7) is 5.12. The van der Waals surface area contributed by atoms with Gasteiger partial charge in [0, 0.05) is 23.1 Å². The van der Waals surface area contributed by atoms with E-state index in [1.807, 2.05) is 13.8 Å². The molecule has 0 saturated heterocycles. The molecule has 0 radical (unpaired) electrons. The van der Waals surface area contributed by atoms with Gasteiger partial charge < -0.3 is 10.2 Å². The van der Waals surface area contributed by atoms with E-state index in [9.17, 15) is 18.0 Å². The van der Waals surface area contributed by atoms with E-state index < -0.39 is 28.5 Å². The van der Waals surface area contributed by atoms with E-state index in [0.29, 0.717) is 22.2 Å². The molecule has 0 bridgehead atoms. The summed E-state index contributed by atoms with van der Waals surface area (Å²) in [6, 6.07) is 14.6. The number of nitrogens with one attached hydrogen (secondary N) is 1. The maximum atomic E-state index is 14.0. The van der Waals surface area contributed by atoms with Gasteiger partial charge in [0.2, 0.25) is 11.8 Å². The number of amides is 2. The first-order valence-electron chi connectivity index (χ1n) is 12.9. The van der Waals surface area contributed by atoms with Crippen molar-refractivity contribution in [2.45, 2.75) is 51.1 Å². The lowest BCUT2D eigenvalue weighted by molar-refractivity contribution is -0.139. The van der Waals surface area contributed by atoms with Crippen LogP contribution < -0.4 is 9.62 Å². The van der Waals surface area contributed by atoms with Crippen LogP contribution in [0.25, 0.3) is 0 Å². The van der Waals surface area contributed by atoms with Gasteiger partial charge in [0.25, 0.3) is 10.0 Å². The average Bonchev–Trinajstić information content (AvgIpc) is 2.93. The zero-order valence-electron chi connectivity index (χ0n) is 22.8. The Hall–Kier alpha value is -2.49. The van der Waals surface area contributed by atoms with Crippen LogP contribution in [0.3, 0.4) is 0 Å². The van der Waals surface area contributed by atoms with Crippen LogP contribution >= 0.6 is 46.4 Å². The van der Waals surface area contributed by atoms with Gasteiger partial charge in [-0.15, -0.1) is 0 Å². The topological polar surface area (TPSA) is 86.8 Å². The summed E-state index contributed by atoms with van der Waals surface area (Å²) in [5, 5.41) is 3.63. The highest BCUT2D eigenvalue weighted by Gasteiger charge is 2.34. The van der Waals surface area contributed by atoms with Crippen molar-refractivity contribution in [1.82, 2.24) is 10.2 Å². The van der Waals surface area contributed by atoms with Gasteiger partial charge in [-0.1, -0.05) is 89.6 Å². The van der Waals surface area contributed by atoms with Gasteiger partial charge >= 0.3 is 0 Å². The van der Waals surface area contributed by atoms with Crippen LogP contribution in [-0.4, -0.2) is 44.3 Å². The second kappa shape index (κ2) is 14.6. The molecule has 2 amide bonds. The van der Waals surface area contributed by atoms with Crippen molar-refractivity contribution in [3.05, 3.63) is 91.9 Å². The molecule has 3 aromatic carbocycles. The van der Waals surface area contributed by atoms with Gasteiger partial charge in [0.05, 0.1) is 20.6 Å². The van der Waals surface area contributed by atoms with Crippen LogP contribution in [0.15, 0.2) is 65.6 Å². The third kappa shape index (κ3) is 8.30. The average molecular weight is 659 g/mol. The van der Waals surface area contributed by atoms with Crippen LogP contribution in [0, 0.1) is 6.92 Å². The minimum absolute atomic E-state index is 0.0256. The van der Waals surface area contributed by atoms with Crippen molar-refractivity contribution in [2.75, 3.05) is 17.4 Å². The minimum atomic E-state index is -4.29. The molecule has 3 aromatic rings. The number of anilines is 1. The molecule has 0 fully saturated rings. The Morgan fingerprint density at radius 3 is 2.27 bits per heavy atom. The van der Waals surface area contributed by atoms with Gasteiger partial charge in [-0.05, 0) is 62.2 Å². The summed E-state index contributed by atoms with van der Waals surface area (Å²) in [5.74, 6) is -1.04. The van der Waals surface area contributed by atoms with Crippen molar-refractivity contribution < 1.29 is 18.0 Å². The molecule has 0 aliphatic carbocycles. The third-order valence-electron chi connectivity index (χ3n) is 6.44. The molecule has 41 heavy (non-hydrogen) atoms. The predicted octanol–water partition coefficient (Wildman–Crippen LogP) is 7.14. The molecule has 0 aliphatic rings. The zero-order valence-corrected chi connectivity index (χ0v) is 26.7. The second-order valence-electron chi connectivity index (χ2n) is 9.48. The van der Waals surface area contributed by atoms with E-state index in [0.717, 1.165) is 22.7 Å². The first-order valence-corrected chi connectivity index (χ1v) is 15.9. The minimum Gasteiger partial charge on any atom is -0.354 e. The van der Waals surface area contributed by atoms with Crippen LogP contribution in [0.2, 0.25) is 20.1 Å². The summed E-state index contributed by atoms with van der Waals surface area (Å²) in [7, 11) is -4.29. The SMILES string of the molecule is CCCCNC(=O)[C@H](C)N(Cc1ccc(Cl)cc1Cl)C(=O)CN(c1cccc(Cl)c1Cl)S(=O)(=O)c1ccc(C)cc1. The Bertz CT molecular complexity index is 1500. The molecule has 0 saturated carbocycles. The molecule has 0 unspecified atom stereocenters. The maximum Gasteiger partial charge on any atom is 0.264 e. The van der Waals surface area contributed by atoms with Gasteiger partial charge in [0.15, 0.2) is 0 Å². The van der Waals surface area contributed by atoms with E-state index in [-0.39, 0.29) is 33.1 Å². The monoisotopic (exact) mass is 657 g/mol. The lowest BCUT2D eigenvalue weighted by Gasteiger charge is -2.32. The highest BCUT2D eigenvalue weighted by atomic mass is 35.5. The lowest BCUT2D eigenvalue weighted by atomic mass is 10.1. The van der Waals surface area contributed by atoms with Crippen molar-refractivity contribution in [1.29, 1.82) is 0 Å². The van der Waals surface area contributed by atoms with Crippen LogP contribution in [0.5, 0.6) is 0 Å². The molecule has 3 rings (SSSR count). The van der Waals surface area contributed by atoms with E-state index in [4.69, 9.17) is 46.4 Å². The van der Waals surface area contributed by atoms with Gasteiger partial charge in [-0.25, -0.2) is 8.42 Å². The largest absolute Gasteiger partial charge is 0.354 e. The fourth-order valence-electron chi connectivity index (χ4n) is 3.99. The standard InChI is InChI=1S/C29H31Cl4N3O4S/c1-4-5-15-34-29(38)20(3)35(17-21-11-12-22(30)16-25(21)32)27(37)18-36(26-8-6-7-24(31)28(26)33)41(39,40)23-13-9-19(2)10-14-23/h6-14,16,20H,4-5,15,17-18H2,1-3H3,(H,34,38)/t20-/m0/s1. The first-order chi connectivity index (χ1) is 19.4. The molecule has 0 heterocycles. The van der Waals surface area contributed by atoms with E-state index in [1.165, 1.54) is 35.2 Å². The molecule has 0 aromatic heterocycles. The van der Waals surface area contributed by atoms with E-state index in [1.54, 1.807) is 37.3 Å². The smallest absolute Gasteiger partial charge is 0.264 e. The van der Waals surface area contributed by atoms with Crippen molar-refractivity contribution in [3.8, 4) is 0 Å². The number of carbonyl (C=O) groups excluding carboxylic acids is 2. The number of nitrogens with zero attached hydrogens (tertiary/aromatic N) is 2. The van der Waals surface area contributed by atoms with Crippen LogP contribution in [0.1, 0.15) is 37.8 Å².